The quantitative estimate of drug-likeness (QED) is 0.554. The molecule has 0 fully saturated rings. The number of hydrogen-bond donors (Lipinski definition) is 1. The number of nitrogens with one attached hydrogen (secondary N) is 1. The van der Waals surface area contributed by atoms with Crippen molar-refractivity contribution in [3.8, 4) is 22.1 Å². The van der Waals surface area contributed by atoms with Gasteiger partial charge in [-0.25, -0.2) is 14.4 Å². The van der Waals surface area contributed by atoms with Gasteiger partial charge in [0, 0.05) is 11.6 Å². The zero-order chi connectivity index (χ0) is 18.8. The maximum atomic E-state index is 12.9. The number of benzene rings is 1. The van der Waals surface area contributed by atoms with Crippen LogP contribution in [0.25, 0.3) is 22.1 Å². The van der Waals surface area contributed by atoms with Crippen molar-refractivity contribution in [2.75, 3.05) is 5.32 Å². The number of rotatable bonds is 4. The van der Waals surface area contributed by atoms with Gasteiger partial charge in [-0.05, 0) is 6.07 Å². The highest BCUT2D eigenvalue weighted by molar-refractivity contribution is 7.18. The van der Waals surface area contributed by atoms with Crippen LogP contribution in [0.3, 0.4) is 0 Å². The summed E-state index contributed by atoms with van der Waals surface area (Å²) in [6.07, 6.45) is 1.99. The van der Waals surface area contributed by atoms with Crippen LogP contribution in [0.1, 0.15) is 10.6 Å². The van der Waals surface area contributed by atoms with Crippen molar-refractivity contribution >= 4 is 34.0 Å². The lowest BCUT2D eigenvalue weighted by molar-refractivity contribution is 0.0988. The molecule has 11 heteroatoms. The zero-order valence-electron chi connectivity index (χ0n) is 13.3. The minimum Gasteiger partial charge on any atom is -0.350 e. The van der Waals surface area contributed by atoms with Gasteiger partial charge in [-0.2, -0.15) is 0 Å². The molecule has 8 nitrogen and oxygen atoms in total. The number of aromatic nitrogens is 5. The van der Waals surface area contributed by atoms with Crippen molar-refractivity contribution in [3.05, 3.63) is 59.3 Å². The molecule has 0 aliphatic rings. The molecule has 0 aliphatic heterocycles. The summed E-state index contributed by atoms with van der Waals surface area (Å²) in [7, 11) is 0. The molecule has 0 unspecified atom stereocenters. The Balaban J connectivity index is 1.50. The van der Waals surface area contributed by atoms with Crippen molar-refractivity contribution in [1.29, 1.82) is 0 Å². The summed E-state index contributed by atoms with van der Waals surface area (Å²) < 4.78 is 17.9. The van der Waals surface area contributed by atoms with Crippen LogP contribution in [0.2, 0.25) is 5.02 Å². The SMILES string of the molecule is O=C(Nc1nnc(-c2ccccc2Cl)s1)c1cc(-c2ncc(F)cn2)no1. The first-order valence-corrected chi connectivity index (χ1v) is 8.64. The fourth-order valence-electron chi connectivity index (χ4n) is 2.11. The summed E-state index contributed by atoms with van der Waals surface area (Å²) in [5.41, 5.74) is 0.918. The Kier molecular flexibility index (Phi) is 4.57. The van der Waals surface area contributed by atoms with Gasteiger partial charge in [0.1, 0.15) is 0 Å². The third-order valence-corrected chi connectivity index (χ3v) is 4.53. The molecule has 0 atom stereocenters. The van der Waals surface area contributed by atoms with Gasteiger partial charge in [-0.1, -0.05) is 46.3 Å². The molecule has 0 saturated heterocycles. The highest BCUT2D eigenvalue weighted by Crippen LogP contribution is 2.31. The molecule has 1 N–H and O–H groups in total. The average Bonchev–Trinajstić information content (AvgIpc) is 3.33. The second kappa shape index (κ2) is 7.17. The fourth-order valence-corrected chi connectivity index (χ4v) is 3.17. The second-order valence-corrected chi connectivity index (χ2v) is 6.53. The first-order chi connectivity index (χ1) is 13.1. The largest absolute Gasteiger partial charge is 0.350 e. The molecule has 0 aliphatic carbocycles. The lowest BCUT2D eigenvalue weighted by Crippen LogP contribution is -2.10. The predicted molar refractivity (Wildman–Crippen MR) is 95.8 cm³/mol. The van der Waals surface area contributed by atoms with Gasteiger partial charge in [-0.3, -0.25) is 10.1 Å². The maximum Gasteiger partial charge on any atom is 0.296 e. The van der Waals surface area contributed by atoms with E-state index in [-0.39, 0.29) is 22.4 Å². The van der Waals surface area contributed by atoms with E-state index in [0.29, 0.717) is 15.6 Å². The van der Waals surface area contributed by atoms with Crippen LogP contribution < -0.4 is 5.32 Å². The van der Waals surface area contributed by atoms with Crippen LogP contribution in [-0.2, 0) is 0 Å². The Bertz CT molecular complexity index is 1110. The molecule has 3 heterocycles. The predicted octanol–water partition coefficient (Wildman–Crippen LogP) is 3.69. The first-order valence-electron chi connectivity index (χ1n) is 7.44. The number of carbonyl (C=O) groups excluding carboxylic acids is 1. The van der Waals surface area contributed by atoms with Crippen molar-refractivity contribution < 1.29 is 13.7 Å². The molecule has 4 rings (SSSR count). The standard InChI is InChI=1S/C16H8ClFN6O2S/c17-10-4-2-1-3-9(10)15-22-23-16(27-15)21-14(25)12-5-11(24-26-12)13-19-6-8(18)7-20-13/h1-7H,(H,21,23,25). The molecule has 1 aromatic carbocycles. The van der Waals surface area contributed by atoms with Crippen molar-refractivity contribution in [2.45, 2.75) is 0 Å². The highest BCUT2D eigenvalue weighted by Gasteiger charge is 2.18. The fraction of sp³-hybridized carbons (Fsp3) is 0. The summed E-state index contributed by atoms with van der Waals surface area (Å²) in [4.78, 5) is 19.8. The first kappa shape index (κ1) is 17.2. The summed E-state index contributed by atoms with van der Waals surface area (Å²) >= 11 is 7.29. The van der Waals surface area contributed by atoms with E-state index < -0.39 is 11.7 Å². The highest BCUT2D eigenvalue weighted by atomic mass is 35.5. The molecule has 4 aromatic rings. The molecule has 27 heavy (non-hydrogen) atoms. The smallest absolute Gasteiger partial charge is 0.296 e. The van der Waals surface area contributed by atoms with Gasteiger partial charge < -0.3 is 4.52 Å². The summed E-state index contributed by atoms with van der Waals surface area (Å²) in [6.45, 7) is 0. The van der Waals surface area contributed by atoms with Gasteiger partial charge >= 0.3 is 0 Å². The van der Waals surface area contributed by atoms with Gasteiger partial charge in [-0.15, -0.1) is 10.2 Å². The van der Waals surface area contributed by atoms with Crippen molar-refractivity contribution in [1.82, 2.24) is 25.3 Å². The van der Waals surface area contributed by atoms with Crippen LogP contribution in [0, 0.1) is 5.82 Å². The molecule has 134 valence electrons. The van der Waals surface area contributed by atoms with E-state index in [1.54, 1.807) is 12.1 Å². The number of halogens is 2. The number of hydrogen-bond acceptors (Lipinski definition) is 8. The van der Waals surface area contributed by atoms with E-state index in [2.05, 4.69) is 30.6 Å². The van der Waals surface area contributed by atoms with Crippen LogP contribution in [0.5, 0.6) is 0 Å². The third kappa shape index (κ3) is 3.66. The lowest BCUT2D eigenvalue weighted by atomic mass is 10.2. The molecular formula is C16H8ClFN6O2S. The third-order valence-electron chi connectivity index (χ3n) is 3.33. The van der Waals surface area contributed by atoms with E-state index in [4.69, 9.17) is 16.1 Å². The zero-order valence-corrected chi connectivity index (χ0v) is 14.8. The lowest BCUT2D eigenvalue weighted by Gasteiger charge is -1.97. The molecule has 0 radical (unpaired) electrons. The Hall–Kier alpha value is -3.24. The second-order valence-electron chi connectivity index (χ2n) is 5.15. The van der Waals surface area contributed by atoms with Crippen LogP contribution in [-0.4, -0.2) is 31.2 Å². The molecule has 0 spiro atoms. The topological polar surface area (TPSA) is 107 Å². The van der Waals surface area contributed by atoms with E-state index in [1.165, 1.54) is 6.07 Å². The van der Waals surface area contributed by atoms with E-state index in [9.17, 15) is 9.18 Å². The van der Waals surface area contributed by atoms with Crippen LogP contribution >= 0.6 is 22.9 Å². The number of carbonyl (C=O) groups is 1. The van der Waals surface area contributed by atoms with E-state index in [1.807, 2.05) is 12.1 Å². The normalized spacial score (nSPS) is 10.7. The molecule has 1 amide bonds. The van der Waals surface area contributed by atoms with Gasteiger partial charge in [0.2, 0.25) is 10.9 Å². The minimum atomic E-state index is -0.578. The van der Waals surface area contributed by atoms with Crippen LogP contribution in [0.15, 0.2) is 47.2 Å². The van der Waals surface area contributed by atoms with Crippen LogP contribution in [0.4, 0.5) is 9.52 Å². The maximum absolute atomic E-state index is 12.9. The minimum absolute atomic E-state index is 0.0765. The monoisotopic (exact) mass is 402 g/mol. The van der Waals surface area contributed by atoms with Gasteiger partial charge in [0.05, 0.1) is 17.4 Å². The van der Waals surface area contributed by atoms with Crippen molar-refractivity contribution in [2.24, 2.45) is 0 Å². The Morgan fingerprint density at radius 3 is 2.74 bits per heavy atom. The molecule has 0 saturated carbocycles. The van der Waals surface area contributed by atoms with Gasteiger partial charge in [0.15, 0.2) is 22.3 Å². The molecule has 0 bridgehead atoms. The molecular weight excluding hydrogens is 395 g/mol. The number of nitrogens with zero attached hydrogens (tertiary/aromatic N) is 5. The summed E-state index contributed by atoms with van der Waals surface area (Å²) in [5, 5.41) is 15.6. The summed E-state index contributed by atoms with van der Waals surface area (Å²) in [5.74, 6) is -1.09. The Morgan fingerprint density at radius 2 is 1.96 bits per heavy atom. The number of amides is 1. The van der Waals surface area contributed by atoms with Crippen molar-refractivity contribution in [3.63, 3.8) is 0 Å². The van der Waals surface area contributed by atoms with E-state index >= 15 is 0 Å². The number of anilines is 1. The Labute approximate surface area is 160 Å². The summed E-state index contributed by atoms with van der Waals surface area (Å²) in [6, 6.07) is 8.53. The van der Waals surface area contributed by atoms with Gasteiger partial charge in [0.25, 0.3) is 5.91 Å². The Morgan fingerprint density at radius 1 is 1.19 bits per heavy atom. The van der Waals surface area contributed by atoms with E-state index in [0.717, 1.165) is 23.7 Å². The molecule has 3 aromatic heterocycles. The average molecular weight is 403 g/mol.